The number of aryl methyl sites for hydroxylation is 1. The highest BCUT2D eigenvalue weighted by Crippen LogP contribution is 2.30. The van der Waals surface area contributed by atoms with Crippen LogP contribution < -0.4 is 5.32 Å². The molecule has 0 unspecified atom stereocenters. The van der Waals surface area contributed by atoms with Gasteiger partial charge in [-0.1, -0.05) is 35.9 Å². The molecular formula is C23H22ClN3O2S. The van der Waals surface area contributed by atoms with Gasteiger partial charge in [0.05, 0.1) is 16.9 Å². The lowest BCUT2D eigenvalue weighted by atomic mass is 10.1. The van der Waals surface area contributed by atoms with Crippen LogP contribution in [0.5, 0.6) is 0 Å². The highest BCUT2D eigenvalue weighted by atomic mass is 35.5. The lowest BCUT2D eigenvalue weighted by Crippen LogP contribution is -2.36. The number of carbonyl (C=O) groups excluding carboxylic acids is 2. The number of benzene rings is 2. The van der Waals surface area contributed by atoms with Gasteiger partial charge in [0.15, 0.2) is 0 Å². The lowest BCUT2D eigenvalue weighted by Gasteiger charge is -2.27. The minimum absolute atomic E-state index is 0.0359. The van der Waals surface area contributed by atoms with Gasteiger partial charge in [-0.15, -0.1) is 11.3 Å². The molecule has 2 amide bonds. The van der Waals surface area contributed by atoms with Crippen LogP contribution in [0.15, 0.2) is 48.5 Å². The summed E-state index contributed by atoms with van der Waals surface area (Å²) in [5.74, 6) is -0.302. The van der Waals surface area contributed by atoms with Crippen LogP contribution >= 0.6 is 22.9 Å². The van der Waals surface area contributed by atoms with Crippen molar-refractivity contribution in [2.45, 2.75) is 26.2 Å². The maximum atomic E-state index is 13.0. The summed E-state index contributed by atoms with van der Waals surface area (Å²) in [5.41, 5.74) is 2.56. The van der Waals surface area contributed by atoms with Crippen molar-refractivity contribution in [1.82, 2.24) is 9.88 Å². The number of carbonyl (C=O) groups is 2. The zero-order chi connectivity index (χ0) is 21.1. The van der Waals surface area contributed by atoms with Crippen LogP contribution in [0.25, 0.3) is 10.6 Å². The van der Waals surface area contributed by atoms with Gasteiger partial charge in [-0.05, 0) is 50.5 Å². The zero-order valence-corrected chi connectivity index (χ0v) is 18.2. The molecule has 154 valence electrons. The number of anilines is 1. The van der Waals surface area contributed by atoms with Gasteiger partial charge in [0.1, 0.15) is 9.88 Å². The van der Waals surface area contributed by atoms with Crippen molar-refractivity contribution >= 4 is 40.4 Å². The monoisotopic (exact) mass is 439 g/mol. The van der Waals surface area contributed by atoms with Gasteiger partial charge in [0, 0.05) is 23.7 Å². The highest BCUT2D eigenvalue weighted by Gasteiger charge is 2.23. The molecule has 30 heavy (non-hydrogen) atoms. The first kappa shape index (κ1) is 20.6. The molecule has 1 saturated heterocycles. The Morgan fingerprint density at radius 3 is 2.60 bits per heavy atom. The number of rotatable bonds is 4. The van der Waals surface area contributed by atoms with E-state index >= 15 is 0 Å². The Labute approximate surface area is 184 Å². The fraction of sp³-hybridized carbons (Fsp3) is 0.261. The predicted octanol–water partition coefficient (Wildman–Crippen LogP) is 5.65. The van der Waals surface area contributed by atoms with Crippen molar-refractivity contribution in [1.29, 1.82) is 0 Å². The SMILES string of the molecule is Cc1nc(-c2cccc(Cl)c2)sc1C(=O)Nc1ccccc1C(=O)N1CCCCC1. The first-order valence-corrected chi connectivity index (χ1v) is 11.2. The summed E-state index contributed by atoms with van der Waals surface area (Å²) in [6, 6.07) is 14.6. The third-order valence-electron chi connectivity index (χ3n) is 5.12. The molecule has 3 aromatic rings. The van der Waals surface area contributed by atoms with E-state index in [4.69, 9.17) is 11.6 Å². The molecule has 1 aromatic heterocycles. The number of thiazole rings is 1. The molecule has 7 heteroatoms. The molecule has 0 radical (unpaired) electrons. The van der Waals surface area contributed by atoms with Crippen LogP contribution in [-0.2, 0) is 0 Å². The molecule has 0 spiro atoms. The first-order chi connectivity index (χ1) is 14.5. The summed E-state index contributed by atoms with van der Waals surface area (Å²) in [6.45, 7) is 3.33. The summed E-state index contributed by atoms with van der Waals surface area (Å²) in [6.07, 6.45) is 3.20. The summed E-state index contributed by atoms with van der Waals surface area (Å²) in [5, 5.41) is 4.28. The Morgan fingerprint density at radius 2 is 1.83 bits per heavy atom. The van der Waals surface area contributed by atoms with Crippen LogP contribution in [0.4, 0.5) is 5.69 Å². The Hall–Kier alpha value is -2.70. The normalized spacial score (nSPS) is 13.9. The molecule has 4 rings (SSSR count). The minimum Gasteiger partial charge on any atom is -0.339 e. The highest BCUT2D eigenvalue weighted by molar-refractivity contribution is 7.17. The molecule has 2 aromatic carbocycles. The number of aromatic nitrogens is 1. The Morgan fingerprint density at radius 1 is 1.07 bits per heavy atom. The Balaban J connectivity index is 1.57. The summed E-state index contributed by atoms with van der Waals surface area (Å²) < 4.78 is 0. The van der Waals surface area contributed by atoms with E-state index in [0.717, 1.165) is 42.9 Å². The second kappa shape index (κ2) is 8.98. The quantitative estimate of drug-likeness (QED) is 0.571. The van der Waals surface area contributed by atoms with Crippen LogP contribution in [-0.4, -0.2) is 34.8 Å². The van der Waals surface area contributed by atoms with E-state index in [9.17, 15) is 9.59 Å². The maximum absolute atomic E-state index is 13.0. The second-order valence-electron chi connectivity index (χ2n) is 7.30. The van der Waals surface area contributed by atoms with Gasteiger partial charge in [-0.2, -0.15) is 0 Å². The van der Waals surface area contributed by atoms with Gasteiger partial charge in [-0.25, -0.2) is 4.98 Å². The van der Waals surface area contributed by atoms with Crippen molar-refractivity contribution in [3.05, 3.63) is 69.7 Å². The smallest absolute Gasteiger partial charge is 0.267 e. The van der Waals surface area contributed by atoms with Gasteiger partial charge in [0.2, 0.25) is 0 Å². The molecule has 0 aliphatic carbocycles. The van der Waals surface area contributed by atoms with Crippen molar-refractivity contribution in [2.24, 2.45) is 0 Å². The number of piperidine rings is 1. The minimum atomic E-state index is -0.267. The topological polar surface area (TPSA) is 62.3 Å². The third kappa shape index (κ3) is 4.40. The average Bonchev–Trinajstić information content (AvgIpc) is 3.16. The van der Waals surface area contributed by atoms with Crippen molar-refractivity contribution < 1.29 is 9.59 Å². The fourth-order valence-electron chi connectivity index (χ4n) is 3.58. The molecule has 0 bridgehead atoms. The number of hydrogen-bond donors (Lipinski definition) is 1. The van der Waals surface area contributed by atoms with Gasteiger partial charge in [0.25, 0.3) is 11.8 Å². The number of nitrogens with one attached hydrogen (secondary N) is 1. The molecule has 1 N–H and O–H groups in total. The number of likely N-dealkylation sites (tertiary alicyclic amines) is 1. The average molecular weight is 440 g/mol. The molecule has 5 nitrogen and oxygen atoms in total. The number of halogens is 1. The van der Waals surface area contributed by atoms with Crippen molar-refractivity contribution in [3.63, 3.8) is 0 Å². The zero-order valence-electron chi connectivity index (χ0n) is 16.7. The number of nitrogens with zero attached hydrogens (tertiary/aromatic N) is 2. The van der Waals surface area contributed by atoms with E-state index in [-0.39, 0.29) is 11.8 Å². The summed E-state index contributed by atoms with van der Waals surface area (Å²) in [7, 11) is 0. The third-order valence-corrected chi connectivity index (χ3v) is 6.56. The lowest BCUT2D eigenvalue weighted by molar-refractivity contribution is 0.0725. The van der Waals surface area contributed by atoms with Gasteiger partial charge >= 0.3 is 0 Å². The standard InChI is InChI=1S/C23H22ClN3O2S/c1-15-20(30-22(25-15)16-8-7-9-17(24)14-16)21(28)26-19-11-4-3-10-18(19)23(29)27-12-5-2-6-13-27/h3-4,7-11,14H,2,5-6,12-13H2,1H3,(H,26,28). The largest absolute Gasteiger partial charge is 0.339 e. The number of para-hydroxylation sites is 1. The molecule has 0 saturated carbocycles. The summed E-state index contributed by atoms with van der Waals surface area (Å²) >= 11 is 7.40. The number of amides is 2. The maximum Gasteiger partial charge on any atom is 0.267 e. The van der Waals surface area contributed by atoms with E-state index in [1.807, 2.05) is 42.2 Å². The molecule has 2 heterocycles. The van der Waals surface area contributed by atoms with E-state index in [1.54, 1.807) is 18.2 Å². The van der Waals surface area contributed by atoms with E-state index in [1.165, 1.54) is 11.3 Å². The molecular weight excluding hydrogens is 418 g/mol. The van der Waals surface area contributed by atoms with Crippen LogP contribution in [0.2, 0.25) is 5.02 Å². The van der Waals surface area contributed by atoms with Crippen LogP contribution in [0.3, 0.4) is 0 Å². The van der Waals surface area contributed by atoms with E-state index in [0.29, 0.717) is 26.8 Å². The van der Waals surface area contributed by atoms with Gasteiger partial charge in [-0.3, -0.25) is 9.59 Å². The van der Waals surface area contributed by atoms with E-state index in [2.05, 4.69) is 10.3 Å². The molecule has 1 aliphatic heterocycles. The summed E-state index contributed by atoms with van der Waals surface area (Å²) in [4.78, 5) is 32.9. The Bertz CT molecular complexity index is 1090. The molecule has 1 fully saturated rings. The fourth-order valence-corrected chi connectivity index (χ4v) is 4.73. The first-order valence-electron chi connectivity index (χ1n) is 9.96. The van der Waals surface area contributed by atoms with Crippen molar-refractivity contribution in [2.75, 3.05) is 18.4 Å². The van der Waals surface area contributed by atoms with Crippen molar-refractivity contribution in [3.8, 4) is 10.6 Å². The van der Waals surface area contributed by atoms with E-state index < -0.39 is 0 Å². The van der Waals surface area contributed by atoms with Crippen LogP contribution in [0, 0.1) is 6.92 Å². The molecule has 1 aliphatic rings. The van der Waals surface area contributed by atoms with Crippen LogP contribution in [0.1, 0.15) is 45.0 Å². The molecule has 0 atom stereocenters. The van der Waals surface area contributed by atoms with Gasteiger partial charge < -0.3 is 10.2 Å². The second-order valence-corrected chi connectivity index (χ2v) is 8.73. The Kier molecular flexibility index (Phi) is 6.16. The predicted molar refractivity (Wildman–Crippen MR) is 121 cm³/mol. The number of hydrogen-bond acceptors (Lipinski definition) is 4.